The van der Waals surface area contributed by atoms with Gasteiger partial charge in [-0.1, -0.05) is 18.6 Å². The lowest BCUT2D eigenvalue weighted by molar-refractivity contribution is -0.118. The molecule has 0 radical (unpaired) electrons. The molecule has 0 saturated carbocycles. The van der Waals surface area contributed by atoms with Crippen LogP contribution in [0.25, 0.3) is 0 Å². The van der Waals surface area contributed by atoms with E-state index in [1.54, 1.807) is 6.08 Å². The highest BCUT2D eigenvalue weighted by molar-refractivity contribution is 5.93. The summed E-state index contributed by atoms with van der Waals surface area (Å²) in [6.45, 7) is 7.76. The summed E-state index contributed by atoms with van der Waals surface area (Å²) in [5, 5.41) is 0. The normalized spacial score (nSPS) is 29.8. The minimum Gasteiger partial charge on any atom is -0.295 e. The fraction of sp³-hybridized carbons (Fsp3) is 0.545. The summed E-state index contributed by atoms with van der Waals surface area (Å²) in [6, 6.07) is 0. The molecule has 0 amide bonds. The van der Waals surface area contributed by atoms with Gasteiger partial charge in [0.25, 0.3) is 0 Å². The van der Waals surface area contributed by atoms with Crippen LogP contribution >= 0.6 is 0 Å². The van der Waals surface area contributed by atoms with Gasteiger partial charge >= 0.3 is 0 Å². The topological polar surface area (TPSA) is 17.1 Å². The summed E-state index contributed by atoms with van der Waals surface area (Å²) < 4.78 is 0. The van der Waals surface area contributed by atoms with Crippen LogP contribution in [0, 0.1) is 11.8 Å². The third-order valence-electron chi connectivity index (χ3n) is 2.59. The quantitative estimate of drug-likeness (QED) is 0.573. The predicted octanol–water partition coefficient (Wildman–Crippen LogP) is 2.73. The van der Waals surface area contributed by atoms with Crippen molar-refractivity contribution in [1.82, 2.24) is 0 Å². The van der Waals surface area contributed by atoms with Gasteiger partial charge in [-0.3, -0.25) is 4.79 Å². The van der Waals surface area contributed by atoms with Gasteiger partial charge in [-0.05, 0) is 31.8 Å². The highest BCUT2D eigenvalue weighted by atomic mass is 16.1. The SMILES string of the molecule is C=CC[C@@H]1C[C@H](C)C(=O)C=C1C. The largest absolute Gasteiger partial charge is 0.295 e. The molecule has 0 unspecified atom stereocenters. The van der Waals surface area contributed by atoms with Crippen molar-refractivity contribution in [1.29, 1.82) is 0 Å². The van der Waals surface area contributed by atoms with Gasteiger partial charge in [0.2, 0.25) is 0 Å². The van der Waals surface area contributed by atoms with Crippen LogP contribution < -0.4 is 0 Å². The number of ketones is 1. The molecule has 1 heteroatoms. The van der Waals surface area contributed by atoms with Crippen molar-refractivity contribution in [2.75, 3.05) is 0 Å². The number of carbonyl (C=O) groups is 1. The van der Waals surface area contributed by atoms with Gasteiger partial charge in [0.05, 0.1) is 0 Å². The van der Waals surface area contributed by atoms with Gasteiger partial charge in [-0.25, -0.2) is 0 Å². The molecule has 0 spiro atoms. The molecule has 0 saturated heterocycles. The summed E-state index contributed by atoms with van der Waals surface area (Å²) in [4.78, 5) is 11.3. The first-order valence-corrected chi connectivity index (χ1v) is 4.48. The summed E-state index contributed by atoms with van der Waals surface area (Å²) in [5.41, 5.74) is 1.22. The van der Waals surface area contributed by atoms with Gasteiger partial charge < -0.3 is 0 Å². The number of hydrogen-bond donors (Lipinski definition) is 0. The lowest BCUT2D eigenvalue weighted by atomic mass is 9.80. The van der Waals surface area contributed by atoms with Crippen LogP contribution in [-0.2, 0) is 4.79 Å². The van der Waals surface area contributed by atoms with E-state index in [0.717, 1.165) is 12.8 Å². The molecular formula is C11H16O. The molecule has 0 aromatic carbocycles. The van der Waals surface area contributed by atoms with E-state index in [0.29, 0.717) is 5.92 Å². The summed E-state index contributed by atoms with van der Waals surface area (Å²) in [5.74, 6) is 1.04. The molecule has 0 heterocycles. The fourth-order valence-electron chi connectivity index (χ4n) is 1.70. The number of rotatable bonds is 2. The molecule has 0 N–H and O–H groups in total. The van der Waals surface area contributed by atoms with Crippen LogP contribution in [0.2, 0.25) is 0 Å². The zero-order chi connectivity index (χ0) is 9.14. The van der Waals surface area contributed by atoms with E-state index in [1.807, 2.05) is 19.9 Å². The average Bonchev–Trinajstić information content (AvgIpc) is 2.01. The maximum Gasteiger partial charge on any atom is 0.158 e. The van der Waals surface area contributed by atoms with Crippen LogP contribution in [0.4, 0.5) is 0 Å². The van der Waals surface area contributed by atoms with Crippen LogP contribution in [0.15, 0.2) is 24.3 Å². The molecule has 0 fully saturated rings. The van der Waals surface area contributed by atoms with Gasteiger partial charge in [0.15, 0.2) is 5.78 Å². The minimum absolute atomic E-state index is 0.207. The standard InChI is InChI=1S/C11H16O/c1-4-5-10-6-9(3)11(12)7-8(10)2/h4,7,9-10H,1,5-6H2,2-3H3/t9-,10+/m0/s1. The van der Waals surface area contributed by atoms with Gasteiger partial charge in [-0.2, -0.15) is 0 Å². The molecule has 0 bridgehead atoms. The summed E-state index contributed by atoms with van der Waals surface area (Å²) >= 11 is 0. The van der Waals surface area contributed by atoms with E-state index in [2.05, 4.69) is 6.58 Å². The molecular weight excluding hydrogens is 148 g/mol. The van der Waals surface area contributed by atoms with Crippen molar-refractivity contribution in [3.05, 3.63) is 24.3 Å². The molecule has 0 aromatic rings. The monoisotopic (exact) mass is 164 g/mol. The summed E-state index contributed by atoms with van der Waals surface area (Å²) in [6.07, 6.45) is 5.72. The molecule has 66 valence electrons. The van der Waals surface area contributed by atoms with Crippen LogP contribution in [-0.4, -0.2) is 5.78 Å². The highest BCUT2D eigenvalue weighted by Gasteiger charge is 2.23. The van der Waals surface area contributed by atoms with Crippen LogP contribution in [0.3, 0.4) is 0 Å². The maximum absolute atomic E-state index is 11.3. The number of carbonyl (C=O) groups excluding carboxylic acids is 1. The molecule has 1 aliphatic carbocycles. The molecule has 1 rings (SSSR count). The van der Waals surface area contributed by atoms with Crippen molar-refractivity contribution in [2.24, 2.45) is 11.8 Å². The lowest BCUT2D eigenvalue weighted by Gasteiger charge is -2.24. The van der Waals surface area contributed by atoms with Crippen molar-refractivity contribution >= 4 is 5.78 Å². The third kappa shape index (κ3) is 1.84. The maximum atomic E-state index is 11.3. The third-order valence-corrected chi connectivity index (χ3v) is 2.59. The smallest absolute Gasteiger partial charge is 0.158 e. The van der Waals surface area contributed by atoms with Crippen LogP contribution in [0.5, 0.6) is 0 Å². The van der Waals surface area contributed by atoms with Gasteiger partial charge in [-0.15, -0.1) is 6.58 Å². The van der Waals surface area contributed by atoms with Crippen molar-refractivity contribution < 1.29 is 4.79 Å². The Hall–Kier alpha value is -0.850. The molecule has 1 aliphatic rings. The zero-order valence-corrected chi connectivity index (χ0v) is 7.84. The summed E-state index contributed by atoms with van der Waals surface area (Å²) in [7, 11) is 0. The van der Waals surface area contributed by atoms with E-state index in [9.17, 15) is 4.79 Å². The van der Waals surface area contributed by atoms with E-state index in [-0.39, 0.29) is 11.7 Å². The van der Waals surface area contributed by atoms with Crippen molar-refractivity contribution in [3.8, 4) is 0 Å². The van der Waals surface area contributed by atoms with E-state index >= 15 is 0 Å². The average molecular weight is 164 g/mol. The van der Waals surface area contributed by atoms with Crippen molar-refractivity contribution in [2.45, 2.75) is 26.7 Å². The lowest BCUT2D eigenvalue weighted by Crippen LogP contribution is -2.20. The Kier molecular flexibility index (Phi) is 2.85. The van der Waals surface area contributed by atoms with E-state index in [1.165, 1.54) is 5.57 Å². The van der Waals surface area contributed by atoms with Crippen molar-refractivity contribution in [3.63, 3.8) is 0 Å². The second-order valence-electron chi connectivity index (χ2n) is 3.65. The predicted molar refractivity (Wildman–Crippen MR) is 50.8 cm³/mol. The molecule has 0 aliphatic heterocycles. The molecule has 1 nitrogen and oxygen atoms in total. The first-order valence-electron chi connectivity index (χ1n) is 4.48. The van der Waals surface area contributed by atoms with Crippen LogP contribution in [0.1, 0.15) is 26.7 Å². The second-order valence-corrected chi connectivity index (χ2v) is 3.65. The number of allylic oxidation sites excluding steroid dienone is 3. The Balaban J connectivity index is 2.73. The highest BCUT2D eigenvalue weighted by Crippen LogP contribution is 2.29. The first-order chi connectivity index (χ1) is 5.65. The van der Waals surface area contributed by atoms with Gasteiger partial charge in [0.1, 0.15) is 0 Å². The Bertz CT molecular complexity index is 225. The second kappa shape index (κ2) is 3.70. The Labute approximate surface area is 74.2 Å². The Morgan fingerprint density at radius 3 is 3.00 bits per heavy atom. The molecule has 12 heavy (non-hydrogen) atoms. The molecule has 0 aromatic heterocycles. The Morgan fingerprint density at radius 1 is 1.75 bits per heavy atom. The zero-order valence-electron chi connectivity index (χ0n) is 7.84. The van der Waals surface area contributed by atoms with Gasteiger partial charge in [0, 0.05) is 5.92 Å². The van der Waals surface area contributed by atoms with E-state index in [4.69, 9.17) is 0 Å². The fourth-order valence-corrected chi connectivity index (χ4v) is 1.70. The number of hydrogen-bond acceptors (Lipinski definition) is 1. The molecule has 2 atom stereocenters. The minimum atomic E-state index is 0.207. The van der Waals surface area contributed by atoms with E-state index < -0.39 is 0 Å². The first kappa shape index (κ1) is 9.24. The Morgan fingerprint density at radius 2 is 2.42 bits per heavy atom.